The van der Waals surface area contributed by atoms with Crippen LogP contribution in [0.25, 0.3) is 6.08 Å². The Morgan fingerprint density at radius 3 is 2.62 bits per heavy atom. The lowest BCUT2D eigenvalue weighted by Gasteiger charge is -2.11. The van der Waals surface area contributed by atoms with Crippen molar-refractivity contribution in [3.63, 3.8) is 0 Å². The van der Waals surface area contributed by atoms with Crippen LogP contribution in [0.4, 0.5) is 0 Å². The summed E-state index contributed by atoms with van der Waals surface area (Å²) in [5, 5.41) is 0. The third kappa shape index (κ3) is 5.05. The van der Waals surface area contributed by atoms with Crippen molar-refractivity contribution in [3.8, 4) is 11.5 Å². The van der Waals surface area contributed by atoms with Crippen LogP contribution in [0, 0.1) is 9.49 Å². The normalized spacial score (nSPS) is 14.8. The van der Waals surface area contributed by atoms with Crippen molar-refractivity contribution < 1.29 is 23.8 Å². The maximum Gasteiger partial charge on any atom is 0.363 e. The van der Waals surface area contributed by atoms with Crippen LogP contribution >= 0.6 is 38.5 Å². The lowest BCUT2D eigenvalue weighted by atomic mass is 10.1. The minimum Gasteiger partial charge on any atom is -0.493 e. The average Bonchev–Trinajstić information content (AvgIpc) is 3.05. The third-order valence-electron chi connectivity index (χ3n) is 3.96. The highest BCUT2D eigenvalue weighted by atomic mass is 127. The van der Waals surface area contributed by atoms with Crippen LogP contribution < -0.4 is 9.47 Å². The van der Waals surface area contributed by atoms with Crippen LogP contribution in [0.5, 0.6) is 11.5 Å². The number of nitrogens with zero attached hydrogens (tertiary/aromatic N) is 1. The van der Waals surface area contributed by atoms with Crippen LogP contribution in [0.2, 0.25) is 0 Å². The predicted molar refractivity (Wildman–Crippen MR) is 121 cm³/mol. The van der Waals surface area contributed by atoms with Gasteiger partial charge in [-0.05, 0) is 80.5 Å². The molecule has 0 aromatic heterocycles. The van der Waals surface area contributed by atoms with Crippen molar-refractivity contribution in [1.29, 1.82) is 0 Å². The van der Waals surface area contributed by atoms with Crippen molar-refractivity contribution in [2.75, 3.05) is 7.11 Å². The van der Waals surface area contributed by atoms with E-state index < -0.39 is 5.97 Å². The number of ether oxygens (including phenoxy) is 3. The van der Waals surface area contributed by atoms with Crippen molar-refractivity contribution in [2.24, 2.45) is 10.9 Å². The van der Waals surface area contributed by atoms with E-state index in [-0.39, 0.29) is 23.5 Å². The number of esters is 2. The molecule has 2 aromatic rings. The summed E-state index contributed by atoms with van der Waals surface area (Å²) in [6.07, 6.45) is 1.59. The monoisotopic (exact) mass is 569 g/mol. The van der Waals surface area contributed by atoms with Crippen molar-refractivity contribution in [2.45, 2.75) is 13.8 Å². The van der Waals surface area contributed by atoms with Gasteiger partial charge in [-0.2, -0.15) is 0 Å². The molecule has 3 rings (SSSR count). The maximum absolute atomic E-state index is 12.2. The van der Waals surface area contributed by atoms with Gasteiger partial charge in [0.05, 0.1) is 13.0 Å². The zero-order valence-corrected chi connectivity index (χ0v) is 19.6. The molecule has 1 heterocycles. The molecule has 0 bridgehead atoms. The fraction of sp³-hybridized carbons (Fsp3) is 0.190. The summed E-state index contributed by atoms with van der Waals surface area (Å²) in [4.78, 5) is 28.4. The molecule has 1 aliphatic rings. The molecule has 0 spiro atoms. The van der Waals surface area contributed by atoms with E-state index >= 15 is 0 Å². The summed E-state index contributed by atoms with van der Waals surface area (Å²) in [5.74, 6) is -0.215. The Bertz CT molecular complexity index is 1050. The Morgan fingerprint density at radius 2 is 1.97 bits per heavy atom. The van der Waals surface area contributed by atoms with Gasteiger partial charge in [0.1, 0.15) is 0 Å². The summed E-state index contributed by atoms with van der Waals surface area (Å²) in [7, 11) is 1.48. The highest BCUT2D eigenvalue weighted by Gasteiger charge is 2.24. The van der Waals surface area contributed by atoms with Gasteiger partial charge in [0.25, 0.3) is 0 Å². The van der Waals surface area contributed by atoms with Gasteiger partial charge in [-0.25, -0.2) is 9.79 Å². The fourth-order valence-corrected chi connectivity index (χ4v) is 3.12. The summed E-state index contributed by atoms with van der Waals surface area (Å²) >= 11 is 5.66. The van der Waals surface area contributed by atoms with Gasteiger partial charge in [0.2, 0.25) is 5.90 Å². The first-order valence-corrected chi connectivity index (χ1v) is 10.5. The summed E-state index contributed by atoms with van der Waals surface area (Å²) in [5.41, 5.74) is 1.53. The van der Waals surface area contributed by atoms with Crippen molar-refractivity contribution in [3.05, 3.63) is 61.3 Å². The number of hydrogen-bond acceptors (Lipinski definition) is 6. The second-order valence-corrected chi connectivity index (χ2v) is 8.47. The van der Waals surface area contributed by atoms with Gasteiger partial charge in [-0.3, -0.25) is 4.79 Å². The topological polar surface area (TPSA) is 74.2 Å². The largest absolute Gasteiger partial charge is 0.493 e. The summed E-state index contributed by atoms with van der Waals surface area (Å²) in [6.45, 7) is 3.50. The van der Waals surface area contributed by atoms with E-state index in [1.54, 1.807) is 38.1 Å². The standard InChI is InChI=1S/C21H17BrINO5/c1-11(2)20(25)28-17-7-4-12(9-18(17)27-3)8-16-21(26)29-19(24-16)13-5-6-15(23)14(22)10-13/h4-11H,1-3H3/b16-8-. The average molecular weight is 570 g/mol. The van der Waals surface area contributed by atoms with Gasteiger partial charge in [0.15, 0.2) is 17.2 Å². The van der Waals surface area contributed by atoms with E-state index in [1.165, 1.54) is 7.11 Å². The number of cyclic esters (lactones) is 1. The van der Waals surface area contributed by atoms with E-state index in [0.717, 1.165) is 8.04 Å². The summed E-state index contributed by atoms with van der Waals surface area (Å²) in [6, 6.07) is 10.6. The molecule has 8 heteroatoms. The number of methoxy groups -OCH3 is 1. The zero-order chi connectivity index (χ0) is 21.1. The number of rotatable bonds is 5. The Balaban J connectivity index is 1.88. The molecule has 0 radical (unpaired) electrons. The Kier molecular flexibility index (Phi) is 6.74. The van der Waals surface area contributed by atoms with Crippen molar-refractivity contribution >= 4 is 62.4 Å². The number of aliphatic imine (C=N–C) groups is 1. The molecule has 0 unspecified atom stereocenters. The third-order valence-corrected chi connectivity index (χ3v) is 6.30. The fourth-order valence-electron chi connectivity index (χ4n) is 2.40. The molecule has 0 aliphatic carbocycles. The predicted octanol–water partition coefficient (Wildman–Crippen LogP) is 4.97. The first-order chi connectivity index (χ1) is 13.8. The van der Waals surface area contributed by atoms with Crippen LogP contribution in [-0.2, 0) is 14.3 Å². The van der Waals surface area contributed by atoms with E-state index in [2.05, 4.69) is 43.5 Å². The van der Waals surface area contributed by atoms with Gasteiger partial charge < -0.3 is 14.2 Å². The molecule has 0 saturated carbocycles. The molecule has 29 heavy (non-hydrogen) atoms. The van der Waals surface area contributed by atoms with Gasteiger partial charge >= 0.3 is 11.9 Å². The minimum atomic E-state index is -0.538. The molecule has 0 fully saturated rings. The smallest absolute Gasteiger partial charge is 0.363 e. The van der Waals surface area contributed by atoms with Crippen molar-refractivity contribution in [1.82, 2.24) is 0 Å². The van der Waals surface area contributed by atoms with E-state index in [9.17, 15) is 9.59 Å². The number of carbonyl (C=O) groups excluding carboxylic acids is 2. The molecule has 150 valence electrons. The molecule has 0 amide bonds. The minimum absolute atomic E-state index is 0.170. The number of halogens is 2. The first-order valence-electron chi connectivity index (χ1n) is 8.66. The Labute approximate surface area is 190 Å². The van der Waals surface area contributed by atoms with Gasteiger partial charge in [-0.15, -0.1) is 0 Å². The highest BCUT2D eigenvalue weighted by Crippen LogP contribution is 2.30. The van der Waals surface area contributed by atoms with Gasteiger partial charge in [-0.1, -0.05) is 19.9 Å². The SMILES string of the molecule is COc1cc(/C=C2\N=C(c3ccc(I)c(Br)c3)OC2=O)ccc1OC(=O)C(C)C. The molecular weight excluding hydrogens is 553 g/mol. The Morgan fingerprint density at radius 1 is 1.21 bits per heavy atom. The first kappa shape index (κ1) is 21.5. The number of carbonyl (C=O) groups is 2. The molecular formula is C21H17BrINO5. The van der Waals surface area contributed by atoms with E-state index in [0.29, 0.717) is 22.6 Å². The zero-order valence-electron chi connectivity index (χ0n) is 15.9. The number of hydrogen-bond donors (Lipinski definition) is 0. The lowest BCUT2D eigenvalue weighted by molar-refractivity contribution is -0.137. The second kappa shape index (κ2) is 9.08. The maximum atomic E-state index is 12.2. The molecule has 1 aliphatic heterocycles. The Hall–Kier alpha value is -2.20. The summed E-state index contributed by atoms with van der Waals surface area (Å²) < 4.78 is 17.9. The molecule has 0 atom stereocenters. The quantitative estimate of drug-likeness (QED) is 0.220. The lowest BCUT2D eigenvalue weighted by Crippen LogP contribution is -2.15. The van der Waals surface area contributed by atoms with E-state index in [4.69, 9.17) is 14.2 Å². The van der Waals surface area contributed by atoms with Gasteiger partial charge in [0, 0.05) is 13.6 Å². The highest BCUT2D eigenvalue weighted by molar-refractivity contribution is 14.1. The molecule has 2 aromatic carbocycles. The van der Waals surface area contributed by atoms with Crippen LogP contribution in [0.1, 0.15) is 25.0 Å². The van der Waals surface area contributed by atoms with Crippen LogP contribution in [0.3, 0.4) is 0 Å². The second-order valence-electron chi connectivity index (χ2n) is 6.45. The van der Waals surface area contributed by atoms with Crippen LogP contribution in [-0.4, -0.2) is 24.9 Å². The van der Waals surface area contributed by atoms with E-state index in [1.807, 2.05) is 18.2 Å². The molecule has 6 nitrogen and oxygen atoms in total. The molecule has 0 saturated heterocycles. The molecule has 0 N–H and O–H groups in total. The number of benzene rings is 2. The van der Waals surface area contributed by atoms with Crippen LogP contribution in [0.15, 0.2) is 51.6 Å².